The first-order valence-corrected chi connectivity index (χ1v) is 13.0. The van der Waals surface area contributed by atoms with Gasteiger partial charge < -0.3 is 14.2 Å². The summed E-state index contributed by atoms with van der Waals surface area (Å²) in [6.07, 6.45) is 3.46. The molecule has 1 fully saturated rings. The van der Waals surface area contributed by atoms with Gasteiger partial charge in [0.2, 0.25) is 5.91 Å². The highest BCUT2D eigenvalue weighted by Gasteiger charge is 2.29. The lowest BCUT2D eigenvalue weighted by Crippen LogP contribution is -2.50. The van der Waals surface area contributed by atoms with Crippen molar-refractivity contribution in [3.63, 3.8) is 0 Å². The Kier molecular flexibility index (Phi) is 7.47. The smallest absolute Gasteiger partial charge is 0.289 e. The van der Waals surface area contributed by atoms with E-state index in [1.807, 2.05) is 18.2 Å². The highest BCUT2D eigenvalue weighted by molar-refractivity contribution is 7.90. The molecule has 1 aromatic heterocycles. The third kappa shape index (κ3) is 5.75. The van der Waals surface area contributed by atoms with Crippen molar-refractivity contribution in [2.24, 2.45) is 0 Å². The van der Waals surface area contributed by atoms with Crippen molar-refractivity contribution in [2.45, 2.75) is 29.9 Å². The van der Waals surface area contributed by atoms with Crippen LogP contribution in [0.1, 0.15) is 34.5 Å². The number of benzene rings is 2. The van der Waals surface area contributed by atoms with Crippen molar-refractivity contribution in [3.05, 3.63) is 89.9 Å². The Balaban J connectivity index is 1.30. The van der Waals surface area contributed by atoms with Crippen LogP contribution in [-0.2, 0) is 26.8 Å². The van der Waals surface area contributed by atoms with Crippen molar-refractivity contribution in [3.8, 4) is 0 Å². The molecule has 0 bridgehead atoms. The van der Waals surface area contributed by atoms with Crippen LogP contribution in [0.5, 0.6) is 0 Å². The van der Waals surface area contributed by atoms with Gasteiger partial charge in [-0.2, -0.15) is 0 Å². The molecule has 1 saturated heterocycles. The third-order valence-electron chi connectivity index (χ3n) is 6.01. The van der Waals surface area contributed by atoms with Gasteiger partial charge in [-0.25, -0.2) is 8.42 Å². The Labute approximate surface area is 199 Å². The molecule has 0 unspecified atom stereocenters. The number of sulfone groups is 1. The Bertz CT molecular complexity index is 1210. The van der Waals surface area contributed by atoms with Crippen LogP contribution in [0.3, 0.4) is 0 Å². The molecular formula is C26H28N2O5S. The molecule has 0 N–H and O–H groups in total. The van der Waals surface area contributed by atoms with E-state index in [0.29, 0.717) is 38.2 Å². The van der Waals surface area contributed by atoms with E-state index < -0.39 is 9.84 Å². The topological polar surface area (TPSA) is 87.9 Å². The SMILES string of the molecule is O=C(CCCc1ccccc1)N1CCN(C(=O)c2occc2CS(=O)(=O)c2ccccc2)CC1. The molecule has 0 saturated carbocycles. The van der Waals surface area contributed by atoms with Gasteiger partial charge in [0.1, 0.15) is 0 Å². The molecule has 4 rings (SSSR count). The second-order valence-electron chi connectivity index (χ2n) is 8.36. The minimum absolute atomic E-state index is 0.0437. The number of hydrogen-bond donors (Lipinski definition) is 0. The van der Waals surface area contributed by atoms with Crippen LogP contribution in [0.25, 0.3) is 0 Å². The molecule has 2 heterocycles. The second kappa shape index (κ2) is 10.7. The van der Waals surface area contributed by atoms with E-state index in [1.54, 1.807) is 28.0 Å². The summed E-state index contributed by atoms with van der Waals surface area (Å²) in [4.78, 5) is 29.2. The minimum Gasteiger partial charge on any atom is -0.459 e. The van der Waals surface area contributed by atoms with Crippen LogP contribution in [0.15, 0.2) is 82.3 Å². The van der Waals surface area contributed by atoms with Crippen LogP contribution < -0.4 is 0 Å². The third-order valence-corrected chi connectivity index (χ3v) is 7.69. The van der Waals surface area contributed by atoms with Gasteiger partial charge in [-0.05, 0) is 36.6 Å². The highest BCUT2D eigenvalue weighted by Crippen LogP contribution is 2.22. The van der Waals surface area contributed by atoms with Gasteiger partial charge in [-0.15, -0.1) is 0 Å². The molecule has 8 heteroatoms. The lowest BCUT2D eigenvalue weighted by atomic mass is 10.1. The molecule has 0 atom stereocenters. The molecule has 1 aliphatic rings. The first kappa shape index (κ1) is 23.8. The normalized spacial score (nSPS) is 14.2. The van der Waals surface area contributed by atoms with E-state index in [4.69, 9.17) is 4.42 Å². The maximum atomic E-state index is 13.0. The summed E-state index contributed by atoms with van der Waals surface area (Å²) in [5.74, 6) is -0.522. The van der Waals surface area contributed by atoms with Crippen molar-refractivity contribution < 1.29 is 22.4 Å². The van der Waals surface area contributed by atoms with Crippen LogP contribution in [0.4, 0.5) is 0 Å². The lowest BCUT2D eigenvalue weighted by molar-refractivity contribution is -0.132. The largest absolute Gasteiger partial charge is 0.459 e. The molecule has 7 nitrogen and oxygen atoms in total. The number of nitrogens with zero attached hydrogens (tertiary/aromatic N) is 2. The number of hydrogen-bond acceptors (Lipinski definition) is 5. The lowest BCUT2D eigenvalue weighted by Gasteiger charge is -2.34. The summed E-state index contributed by atoms with van der Waals surface area (Å²) in [5.41, 5.74) is 1.56. The summed E-state index contributed by atoms with van der Waals surface area (Å²) < 4.78 is 30.9. The van der Waals surface area contributed by atoms with Gasteiger partial charge in [0.15, 0.2) is 15.6 Å². The zero-order chi connectivity index (χ0) is 24.0. The molecule has 3 aromatic rings. The number of carbonyl (C=O) groups excluding carboxylic acids is 2. The van der Waals surface area contributed by atoms with Gasteiger partial charge in [-0.1, -0.05) is 48.5 Å². The van der Waals surface area contributed by atoms with E-state index in [-0.39, 0.29) is 28.2 Å². The molecule has 34 heavy (non-hydrogen) atoms. The number of carbonyl (C=O) groups is 2. The number of furan rings is 1. The molecule has 178 valence electrons. The number of piperazine rings is 1. The van der Waals surface area contributed by atoms with Gasteiger partial charge in [-0.3, -0.25) is 9.59 Å². The van der Waals surface area contributed by atoms with E-state index >= 15 is 0 Å². The zero-order valence-corrected chi connectivity index (χ0v) is 19.7. The Morgan fingerprint density at radius 3 is 2.12 bits per heavy atom. The van der Waals surface area contributed by atoms with Crippen molar-refractivity contribution >= 4 is 21.7 Å². The number of amides is 2. The molecule has 1 aliphatic heterocycles. The van der Waals surface area contributed by atoms with Gasteiger partial charge >= 0.3 is 0 Å². The minimum atomic E-state index is -3.60. The second-order valence-corrected chi connectivity index (χ2v) is 10.3. The van der Waals surface area contributed by atoms with Crippen LogP contribution in [0.2, 0.25) is 0 Å². The molecule has 2 amide bonds. The van der Waals surface area contributed by atoms with Crippen LogP contribution >= 0.6 is 0 Å². The van der Waals surface area contributed by atoms with Gasteiger partial charge in [0.05, 0.1) is 16.9 Å². The Morgan fingerprint density at radius 1 is 0.824 bits per heavy atom. The predicted molar refractivity (Wildman–Crippen MR) is 128 cm³/mol. The summed E-state index contributed by atoms with van der Waals surface area (Å²) in [5, 5.41) is 0. The molecular weight excluding hydrogens is 452 g/mol. The van der Waals surface area contributed by atoms with Gasteiger partial charge in [0, 0.05) is 38.2 Å². The molecule has 0 aliphatic carbocycles. The number of aryl methyl sites for hydroxylation is 1. The van der Waals surface area contributed by atoms with Gasteiger partial charge in [0.25, 0.3) is 5.91 Å². The van der Waals surface area contributed by atoms with E-state index in [1.165, 1.54) is 30.0 Å². The zero-order valence-electron chi connectivity index (χ0n) is 18.9. The Morgan fingerprint density at radius 2 is 1.44 bits per heavy atom. The van der Waals surface area contributed by atoms with Crippen molar-refractivity contribution in [1.82, 2.24) is 9.80 Å². The monoisotopic (exact) mass is 480 g/mol. The highest BCUT2D eigenvalue weighted by atomic mass is 32.2. The van der Waals surface area contributed by atoms with Crippen molar-refractivity contribution in [2.75, 3.05) is 26.2 Å². The summed E-state index contributed by atoms with van der Waals surface area (Å²) in [7, 11) is -3.60. The first-order valence-electron chi connectivity index (χ1n) is 11.4. The van der Waals surface area contributed by atoms with Crippen LogP contribution in [0, 0.1) is 0 Å². The van der Waals surface area contributed by atoms with E-state index in [2.05, 4.69) is 12.1 Å². The predicted octanol–water partition coefficient (Wildman–Crippen LogP) is 3.56. The average Bonchev–Trinajstić information content (AvgIpc) is 3.32. The maximum Gasteiger partial charge on any atom is 0.289 e. The van der Waals surface area contributed by atoms with E-state index in [9.17, 15) is 18.0 Å². The quantitative estimate of drug-likeness (QED) is 0.492. The fraction of sp³-hybridized carbons (Fsp3) is 0.308. The van der Waals surface area contributed by atoms with E-state index in [0.717, 1.165) is 12.8 Å². The molecule has 2 aromatic carbocycles. The standard InChI is InChI=1S/C26H28N2O5S/c29-24(13-7-10-21-8-3-1-4-9-21)27-15-17-28(18-16-27)26(30)25-22(14-19-33-25)20-34(31,32)23-11-5-2-6-12-23/h1-6,8-9,11-12,14,19H,7,10,13,15-18,20H2. The summed E-state index contributed by atoms with van der Waals surface area (Å²) in [6, 6.07) is 19.8. The fourth-order valence-corrected chi connectivity index (χ4v) is 5.48. The number of rotatable bonds is 8. The Hall–Kier alpha value is -3.39. The molecule has 0 radical (unpaired) electrons. The maximum absolute atomic E-state index is 13.0. The first-order chi connectivity index (χ1) is 16.4. The van der Waals surface area contributed by atoms with Crippen molar-refractivity contribution in [1.29, 1.82) is 0 Å². The summed E-state index contributed by atoms with van der Waals surface area (Å²) >= 11 is 0. The average molecular weight is 481 g/mol. The molecule has 0 spiro atoms. The van der Waals surface area contributed by atoms with Crippen LogP contribution in [-0.4, -0.2) is 56.2 Å². The fourth-order valence-electron chi connectivity index (χ4n) is 4.10. The summed E-state index contributed by atoms with van der Waals surface area (Å²) in [6.45, 7) is 1.67.